The Morgan fingerprint density at radius 2 is 1.91 bits per heavy atom. The third-order valence-electron chi connectivity index (χ3n) is 6.34. The van der Waals surface area contributed by atoms with Crippen molar-refractivity contribution >= 4 is 28.4 Å². The number of rotatable bonds is 7. The van der Waals surface area contributed by atoms with Crippen LogP contribution in [-0.2, 0) is 6.42 Å². The number of aromatic nitrogens is 1. The predicted molar refractivity (Wildman–Crippen MR) is 130 cm³/mol. The number of nitrogens with zero attached hydrogens (tertiary/aromatic N) is 1. The van der Waals surface area contributed by atoms with E-state index in [2.05, 4.69) is 23.3 Å². The van der Waals surface area contributed by atoms with E-state index >= 15 is 0 Å². The SMILES string of the molecule is C[C@H](Cc1c[nH]c2c(C(=O)N3CCCCCC3)cccc12)NC[C@H](O)c1cccc(Cl)c1. The molecule has 0 aliphatic carbocycles. The van der Waals surface area contributed by atoms with Crippen LogP contribution in [0.2, 0.25) is 5.02 Å². The number of likely N-dealkylation sites (tertiary alicyclic amines) is 1. The van der Waals surface area contributed by atoms with Gasteiger partial charge >= 0.3 is 0 Å². The van der Waals surface area contributed by atoms with E-state index in [0.29, 0.717) is 11.6 Å². The molecular formula is C26H32ClN3O2. The molecule has 0 unspecified atom stereocenters. The van der Waals surface area contributed by atoms with Crippen LogP contribution in [0.5, 0.6) is 0 Å². The van der Waals surface area contributed by atoms with Gasteiger partial charge in [0.05, 0.1) is 17.2 Å². The van der Waals surface area contributed by atoms with Crippen LogP contribution in [0.4, 0.5) is 0 Å². The summed E-state index contributed by atoms with van der Waals surface area (Å²) in [6.07, 6.45) is 6.77. The normalized spacial score (nSPS) is 16.7. The van der Waals surface area contributed by atoms with Crippen LogP contribution in [0.25, 0.3) is 10.9 Å². The van der Waals surface area contributed by atoms with Crippen LogP contribution in [-0.4, -0.2) is 46.6 Å². The lowest BCUT2D eigenvalue weighted by molar-refractivity contribution is 0.0763. The van der Waals surface area contributed by atoms with Crippen LogP contribution in [0.1, 0.15) is 60.2 Å². The lowest BCUT2D eigenvalue weighted by Crippen LogP contribution is -2.32. The molecule has 170 valence electrons. The van der Waals surface area contributed by atoms with E-state index in [1.54, 1.807) is 12.1 Å². The van der Waals surface area contributed by atoms with E-state index in [1.807, 2.05) is 35.4 Å². The second kappa shape index (κ2) is 10.5. The molecule has 1 aromatic heterocycles. The number of hydrogen-bond donors (Lipinski definition) is 3. The molecule has 4 rings (SSSR count). The molecule has 0 radical (unpaired) electrons. The molecule has 0 bridgehead atoms. The lowest BCUT2D eigenvalue weighted by Gasteiger charge is -2.20. The molecular weight excluding hydrogens is 422 g/mol. The number of benzene rings is 2. The van der Waals surface area contributed by atoms with Gasteiger partial charge in [-0.05, 0) is 55.5 Å². The lowest BCUT2D eigenvalue weighted by atomic mass is 10.0. The van der Waals surface area contributed by atoms with Gasteiger partial charge in [-0.15, -0.1) is 0 Å². The van der Waals surface area contributed by atoms with E-state index in [4.69, 9.17) is 11.6 Å². The maximum atomic E-state index is 13.2. The number of H-pyrrole nitrogens is 1. The Morgan fingerprint density at radius 3 is 2.66 bits per heavy atom. The van der Waals surface area contributed by atoms with Crippen molar-refractivity contribution in [2.45, 2.75) is 51.2 Å². The fourth-order valence-corrected chi connectivity index (χ4v) is 4.75. The monoisotopic (exact) mass is 453 g/mol. The van der Waals surface area contributed by atoms with E-state index in [-0.39, 0.29) is 11.9 Å². The second-order valence-corrected chi connectivity index (χ2v) is 9.27. The number of aliphatic hydroxyl groups is 1. The Labute approximate surface area is 194 Å². The van der Waals surface area contributed by atoms with Crippen LogP contribution in [0.15, 0.2) is 48.7 Å². The van der Waals surface area contributed by atoms with Crippen LogP contribution in [0.3, 0.4) is 0 Å². The minimum Gasteiger partial charge on any atom is -0.387 e. The summed E-state index contributed by atoms with van der Waals surface area (Å²) < 4.78 is 0. The number of carbonyl (C=O) groups is 1. The summed E-state index contributed by atoms with van der Waals surface area (Å²) in [7, 11) is 0. The first kappa shape index (κ1) is 22.8. The number of carbonyl (C=O) groups excluding carboxylic acids is 1. The molecule has 6 heteroatoms. The molecule has 1 aliphatic heterocycles. The fourth-order valence-electron chi connectivity index (χ4n) is 4.55. The molecule has 3 aromatic rings. The van der Waals surface area contributed by atoms with Crippen LogP contribution >= 0.6 is 11.6 Å². The van der Waals surface area contributed by atoms with Crippen LogP contribution < -0.4 is 5.32 Å². The summed E-state index contributed by atoms with van der Waals surface area (Å²) in [6, 6.07) is 13.5. The molecule has 5 nitrogen and oxygen atoms in total. The number of para-hydroxylation sites is 1. The molecule has 0 spiro atoms. The van der Waals surface area contributed by atoms with Crippen molar-refractivity contribution in [2.75, 3.05) is 19.6 Å². The standard InChI is InChI=1S/C26H32ClN3O2/c1-18(28-17-24(31)19-8-6-9-21(27)15-19)14-20-16-29-25-22(20)10-7-11-23(25)26(32)30-12-4-2-3-5-13-30/h6-11,15-16,18,24,28-29,31H,2-5,12-14,17H2,1H3/t18-,24+/m1/s1. The largest absolute Gasteiger partial charge is 0.387 e. The highest BCUT2D eigenvalue weighted by Gasteiger charge is 2.21. The predicted octanol–water partition coefficient (Wildman–Crippen LogP) is 5.09. The van der Waals surface area contributed by atoms with Crippen LogP contribution in [0, 0.1) is 0 Å². The third-order valence-corrected chi connectivity index (χ3v) is 6.58. The fraction of sp³-hybridized carbons (Fsp3) is 0.423. The minimum absolute atomic E-state index is 0.127. The number of halogens is 1. The summed E-state index contributed by atoms with van der Waals surface area (Å²) in [4.78, 5) is 18.5. The summed E-state index contributed by atoms with van der Waals surface area (Å²) in [5.74, 6) is 0.127. The van der Waals surface area contributed by atoms with E-state index in [1.165, 1.54) is 18.4 Å². The second-order valence-electron chi connectivity index (χ2n) is 8.83. The summed E-state index contributed by atoms with van der Waals surface area (Å²) >= 11 is 6.03. The molecule has 2 heterocycles. The third kappa shape index (κ3) is 5.34. The zero-order valence-corrected chi connectivity index (χ0v) is 19.4. The van der Waals surface area contributed by atoms with Gasteiger partial charge in [-0.2, -0.15) is 0 Å². The highest BCUT2D eigenvalue weighted by Crippen LogP contribution is 2.25. The molecule has 32 heavy (non-hydrogen) atoms. The summed E-state index contributed by atoms with van der Waals surface area (Å²) in [6.45, 7) is 4.25. The number of fused-ring (bicyclic) bond motifs is 1. The topological polar surface area (TPSA) is 68.4 Å². The van der Waals surface area contributed by atoms with Gasteiger partial charge in [0.1, 0.15) is 0 Å². The number of amides is 1. The van der Waals surface area contributed by atoms with E-state index < -0.39 is 6.10 Å². The average Bonchev–Trinajstić information content (AvgIpc) is 3.01. The van der Waals surface area contributed by atoms with Gasteiger partial charge in [0.25, 0.3) is 5.91 Å². The Kier molecular flexibility index (Phi) is 7.51. The maximum Gasteiger partial charge on any atom is 0.255 e. The van der Waals surface area contributed by atoms with E-state index in [9.17, 15) is 9.90 Å². The van der Waals surface area contributed by atoms with Crippen molar-refractivity contribution in [1.29, 1.82) is 0 Å². The Bertz CT molecular complexity index is 1060. The van der Waals surface area contributed by atoms with Gasteiger partial charge in [-0.25, -0.2) is 0 Å². The summed E-state index contributed by atoms with van der Waals surface area (Å²) in [5.41, 5.74) is 3.65. The average molecular weight is 454 g/mol. The smallest absolute Gasteiger partial charge is 0.255 e. The number of aromatic amines is 1. The van der Waals surface area contributed by atoms with Crippen molar-refractivity contribution in [3.05, 3.63) is 70.4 Å². The van der Waals surface area contributed by atoms with Gasteiger partial charge in [0, 0.05) is 42.3 Å². The summed E-state index contributed by atoms with van der Waals surface area (Å²) in [5, 5.41) is 15.6. The maximum absolute atomic E-state index is 13.2. The Balaban J connectivity index is 1.42. The van der Waals surface area contributed by atoms with Gasteiger partial charge in [0.15, 0.2) is 0 Å². The van der Waals surface area contributed by atoms with Gasteiger partial charge in [0.2, 0.25) is 0 Å². The van der Waals surface area contributed by atoms with Crippen molar-refractivity contribution in [2.24, 2.45) is 0 Å². The van der Waals surface area contributed by atoms with Crippen molar-refractivity contribution in [1.82, 2.24) is 15.2 Å². The quantitative estimate of drug-likeness (QED) is 0.466. The molecule has 1 fully saturated rings. The minimum atomic E-state index is -0.614. The molecule has 1 amide bonds. The first-order valence-corrected chi connectivity index (χ1v) is 12.0. The van der Waals surface area contributed by atoms with Gasteiger partial charge in [-0.3, -0.25) is 4.79 Å². The Hall–Kier alpha value is -2.34. The zero-order chi connectivity index (χ0) is 22.5. The van der Waals surface area contributed by atoms with Crippen molar-refractivity contribution in [3.63, 3.8) is 0 Å². The molecule has 0 saturated carbocycles. The highest BCUT2D eigenvalue weighted by atomic mass is 35.5. The van der Waals surface area contributed by atoms with Gasteiger partial charge in [-0.1, -0.05) is 48.7 Å². The molecule has 2 aromatic carbocycles. The molecule has 1 aliphatic rings. The zero-order valence-electron chi connectivity index (χ0n) is 18.6. The van der Waals surface area contributed by atoms with Crippen molar-refractivity contribution in [3.8, 4) is 0 Å². The van der Waals surface area contributed by atoms with Crippen molar-refractivity contribution < 1.29 is 9.90 Å². The first-order valence-electron chi connectivity index (χ1n) is 11.6. The number of aliphatic hydroxyl groups excluding tert-OH is 1. The molecule has 3 N–H and O–H groups in total. The number of nitrogens with one attached hydrogen (secondary N) is 2. The molecule has 1 saturated heterocycles. The molecule has 2 atom stereocenters. The van der Waals surface area contributed by atoms with Gasteiger partial charge < -0.3 is 20.3 Å². The first-order chi connectivity index (χ1) is 15.5. The van der Waals surface area contributed by atoms with E-state index in [0.717, 1.165) is 54.4 Å². The number of hydrogen-bond acceptors (Lipinski definition) is 3. The Morgan fingerprint density at radius 1 is 1.16 bits per heavy atom. The highest BCUT2D eigenvalue weighted by molar-refractivity contribution is 6.30.